The van der Waals surface area contributed by atoms with Gasteiger partial charge in [-0.2, -0.15) is 5.06 Å². The molecule has 0 atom stereocenters. The maximum atomic E-state index is 10.4. The summed E-state index contributed by atoms with van der Waals surface area (Å²) in [7, 11) is 0. The predicted octanol–water partition coefficient (Wildman–Crippen LogP) is -1.19. The lowest BCUT2D eigenvalue weighted by Crippen LogP contribution is -2.45. The normalized spacial score (nSPS) is 22.9. The van der Waals surface area contributed by atoms with Crippen LogP contribution in [0.4, 0.5) is 0 Å². The lowest BCUT2D eigenvalue weighted by molar-refractivity contribution is -0.144. The highest BCUT2D eigenvalue weighted by Gasteiger charge is 2.12. The molecule has 4 nitrogen and oxygen atoms in total. The predicted molar refractivity (Wildman–Crippen MR) is 26.4 cm³/mol. The van der Waals surface area contributed by atoms with Crippen molar-refractivity contribution in [2.75, 3.05) is 19.6 Å². The van der Waals surface area contributed by atoms with E-state index >= 15 is 0 Å². The largest absolute Gasteiger partial charge is 0.354 e. The van der Waals surface area contributed by atoms with E-state index in [-0.39, 0.29) is 12.5 Å². The number of carbonyl (C=O) groups is 1. The van der Waals surface area contributed by atoms with Crippen LogP contribution < -0.4 is 5.32 Å². The Labute approximate surface area is 47.0 Å². The van der Waals surface area contributed by atoms with E-state index in [0.29, 0.717) is 13.1 Å². The maximum absolute atomic E-state index is 10.4. The highest BCUT2D eigenvalue weighted by Crippen LogP contribution is 1.84. The first-order valence-corrected chi connectivity index (χ1v) is 2.49. The molecule has 1 aliphatic rings. The molecular weight excluding hydrogens is 108 g/mol. The van der Waals surface area contributed by atoms with Crippen molar-refractivity contribution in [3.63, 3.8) is 0 Å². The summed E-state index contributed by atoms with van der Waals surface area (Å²) in [6, 6.07) is 0. The van der Waals surface area contributed by atoms with Crippen molar-refractivity contribution in [3.8, 4) is 0 Å². The Balaban J connectivity index is 2.34. The molecule has 8 heavy (non-hydrogen) atoms. The molecule has 0 aromatic carbocycles. The second-order valence-electron chi connectivity index (χ2n) is 1.74. The maximum Gasteiger partial charge on any atom is 0.236 e. The minimum atomic E-state index is -0.112. The Morgan fingerprint density at radius 2 is 2.50 bits per heavy atom. The van der Waals surface area contributed by atoms with Crippen molar-refractivity contribution in [1.82, 2.24) is 10.4 Å². The van der Waals surface area contributed by atoms with Crippen molar-refractivity contribution < 1.29 is 10.0 Å². The fraction of sp³-hybridized carbons (Fsp3) is 0.750. The average Bonchev–Trinajstić information content (AvgIpc) is 1.64. The SMILES string of the molecule is O=C1CN(O)CCN1. The monoisotopic (exact) mass is 116 g/mol. The number of rotatable bonds is 0. The summed E-state index contributed by atoms with van der Waals surface area (Å²) in [4.78, 5) is 10.4. The van der Waals surface area contributed by atoms with Crippen LogP contribution >= 0.6 is 0 Å². The van der Waals surface area contributed by atoms with Gasteiger partial charge in [0.1, 0.15) is 6.54 Å². The zero-order chi connectivity index (χ0) is 5.98. The van der Waals surface area contributed by atoms with Gasteiger partial charge in [0.25, 0.3) is 0 Å². The molecule has 0 radical (unpaired) electrons. The van der Waals surface area contributed by atoms with Crippen molar-refractivity contribution in [3.05, 3.63) is 0 Å². The summed E-state index contributed by atoms with van der Waals surface area (Å²) in [6.45, 7) is 1.20. The van der Waals surface area contributed by atoms with E-state index in [1.807, 2.05) is 0 Å². The summed E-state index contributed by atoms with van der Waals surface area (Å²) in [5.41, 5.74) is 0. The Kier molecular flexibility index (Phi) is 1.45. The van der Waals surface area contributed by atoms with Gasteiger partial charge in [0.15, 0.2) is 0 Å². The molecule has 46 valence electrons. The third-order valence-corrected chi connectivity index (χ3v) is 1.02. The number of carbonyl (C=O) groups excluding carboxylic acids is 1. The number of hydrogen-bond acceptors (Lipinski definition) is 3. The highest BCUT2D eigenvalue weighted by atomic mass is 16.5. The van der Waals surface area contributed by atoms with Gasteiger partial charge in [0, 0.05) is 13.1 Å². The molecule has 0 spiro atoms. The second kappa shape index (κ2) is 2.11. The Morgan fingerprint density at radius 3 is 2.88 bits per heavy atom. The van der Waals surface area contributed by atoms with Gasteiger partial charge in [0.05, 0.1) is 0 Å². The van der Waals surface area contributed by atoms with Gasteiger partial charge in [-0.3, -0.25) is 4.79 Å². The highest BCUT2D eigenvalue weighted by molar-refractivity contribution is 5.78. The van der Waals surface area contributed by atoms with Crippen LogP contribution in [0.3, 0.4) is 0 Å². The lowest BCUT2D eigenvalue weighted by atomic mass is 10.4. The minimum Gasteiger partial charge on any atom is -0.354 e. The topological polar surface area (TPSA) is 52.6 Å². The van der Waals surface area contributed by atoms with E-state index in [4.69, 9.17) is 5.21 Å². The molecule has 1 saturated heterocycles. The summed E-state index contributed by atoms with van der Waals surface area (Å²) in [6.07, 6.45) is 0. The van der Waals surface area contributed by atoms with Crippen LogP contribution in [-0.4, -0.2) is 35.8 Å². The smallest absolute Gasteiger partial charge is 0.236 e. The quantitative estimate of drug-likeness (QED) is 0.418. The summed E-state index contributed by atoms with van der Waals surface area (Å²) in [5.74, 6) is -0.112. The Bertz CT molecular complexity index is 104. The van der Waals surface area contributed by atoms with Gasteiger partial charge in [-0.25, -0.2) is 0 Å². The molecule has 2 N–H and O–H groups in total. The minimum absolute atomic E-state index is 0.111. The molecule has 0 aromatic heterocycles. The van der Waals surface area contributed by atoms with Gasteiger partial charge in [-0.05, 0) is 0 Å². The number of amides is 1. The van der Waals surface area contributed by atoms with E-state index in [1.165, 1.54) is 0 Å². The first kappa shape index (κ1) is 5.53. The molecule has 0 aliphatic carbocycles. The van der Waals surface area contributed by atoms with E-state index in [1.54, 1.807) is 0 Å². The van der Waals surface area contributed by atoms with Crippen LogP contribution in [0.25, 0.3) is 0 Å². The molecule has 1 heterocycles. The van der Waals surface area contributed by atoms with Gasteiger partial charge in [-0.15, -0.1) is 0 Å². The Morgan fingerprint density at radius 1 is 1.75 bits per heavy atom. The van der Waals surface area contributed by atoms with Crippen molar-refractivity contribution >= 4 is 5.91 Å². The van der Waals surface area contributed by atoms with Gasteiger partial charge < -0.3 is 10.5 Å². The van der Waals surface area contributed by atoms with E-state index in [9.17, 15) is 4.79 Å². The fourth-order valence-electron chi connectivity index (χ4n) is 0.625. The zero-order valence-electron chi connectivity index (χ0n) is 4.42. The molecular formula is C4H8N2O2. The molecule has 0 saturated carbocycles. The molecule has 0 aromatic rings. The first-order valence-electron chi connectivity index (χ1n) is 2.49. The standard InChI is InChI=1S/C4H8N2O2/c7-4-3-6(8)2-1-5-4/h8H,1-3H2,(H,5,7). The van der Waals surface area contributed by atoms with Crippen LogP contribution in [0.2, 0.25) is 0 Å². The van der Waals surface area contributed by atoms with Crippen LogP contribution in [0.5, 0.6) is 0 Å². The van der Waals surface area contributed by atoms with E-state index in [2.05, 4.69) is 5.32 Å². The summed E-state index contributed by atoms with van der Waals surface area (Å²) >= 11 is 0. The van der Waals surface area contributed by atoms with Gasteiger partial charge in [-0.1, -0.05) is 0 Å². The van der Waals surface area contributed by atoms with Crippen LogP contribution in [0.1, 0.15) is 0 Å². The summed E-state index contributed by atoms with van der Waals surface area (Å²) < 4.78 is 0. The third-order valence-electron chi connectivity index (χ3n) is 1.02. The number of hydrogen-bond donors (Lipinski definition) is 2. The fourth-order valence-corrected chi connectivity index (χ4v) is 0.625. The molecule has 0 bridgehead atoms. The van der Waals surface area contributed by atoms with Gasteiger partial charge >= 0.3 is 0 Å². The first-order chi connectivity index (χ1) is 3.79. The number of nitrogens with one attached hydrogen (secondary N) is 1. The average molecular weight is 116 g/mol. The van der Waals surface area contributed by atoms with Gasteiger partial charge in [0.2, 0.25) is 5.91 Å². The Hall–Kier alpha value is -0.610. The van der Waals surface area contributed by atoms with Crippen molar-refractivity contribution in [2.24, 2.45) is 0 Å². The molecule has 1 aliphatic heterocycles. The van der Waals surface area contributed by atoms with Crippen molar-refractivity contribution in [1.29, 1.82) is 0 Å². The molecule has 1 fully saturated rings. The van der Waals surface area contributed by atoms with Crippen LogP contribution in [0.15, 0.2) is 0 Å². The molecule has 0 unspecified atom stereocenters. The van der Waals surface area contributed by atoms with Crippen molar-refractivity contribution in [2.45, 2.75) is 0 Å². The second-order valence-corrected chi connectivity index (χ2v) is 1.74. The number of nitrogens with zero attached hydrogens (tertiary/aromatic N) is 1. The molecule has 1 amide bonds. The number of hydroxylamine groups is 2. The summed E-state index contributed by atoms with van der Waals surface area (Å²) in [5, 5.41) is 12.2. The van der Waals surface area contributed by atoms with Crippen LogP contribution in [0, 0.1) is 0 Å². The zero-order valence-corrected chi connectivity index (χ0v) is 4.42. The van der Waals surface area contributed by atoms with E-state index in [0.717, 1.165) is 5.06 Å². The number of piperazine rings is 1. The van der Waals surface area contributed by atoms with Crippen LogP contribution in [-0.2, 0) is 4.79 Å². The van der Waals surface area contributed by atoms with E-state index < -0.39 is 0 Å². The molecule has 4 heteroatoms. The lowest BCUT2D eigenvalue weighted by Gasteiger charge is -2.19. The molecule has 1 rings (SSSR count). The third kappa shape index (κ3) is 1.18.